The highest BCUT2D eigenvalue weighted by Crippen LogP contribution is 2.54. The number of imidazole rings is 1. The van der Waals surface area contributed by atoms with Gasteiger partial charge in [-0.2, -0.15) is 0 Å². The Hall–Kier alpha value is -0.940. The average Bonchev–Trinajstić information content (AvgIpc) is 2.74. The first-order chi connectivity index (χ1) is 8.24. The van der Waals surface area contributed by atoms with Gasteiger partial charge in [0.2, 0.25) is 0 Å². The zero-order chi connectivity index (χ0) is 11.5. The van der Waals surface area contributed by atoms with Crippen LogP contribution in [0.1, 0.15) is 31.0 Å². The smallest absolute Gasteiger partial charge is 0.155 e. The van der Waals surface area contributed by atoms with Crippen LogP contribution in [0.3, 0.4) is 0 Å². The van der Waals surface area contributed by atoms with E-state index in [2.05, 4.69) is 37.4 Å². The Balaban J connectivity index is 1.71. The van der Waals surface area contributed by atoms with E-state index in [4.69, 9.17) is 0 Å². The fourth-order valence-corrected chi connectivity index (χ4v) is 3.07. The summed E-state index contributed by atoms with van der Waals surface area (Å²) in [5.74, 6) is 0. The van der Waals surface area contributed by atoms with Crippen LogP contribution in [-0.4, -0.2) is 20.9 Å². The summed E-state index contributed by atoms with van der Waals surface area (Å²) < 4.78 is 2.87. The Morgan fingerprint density at radius 2 is 2.29 bits per heavy atom. The van der Waals surface area contributed by atoms with Crippen LogP contribution in [0.15, 0.2) is 23.2 Å². The molecule has 88 valence electrons. The highest BCUT2D eigenvalue weighted by atomic mass is 79.9. The molecule has 2 aromatic heterocycles. The second-order valence-electron chi connectivity index (χ2n) is 5.28. The molecule has 0 radical (unpaired) electrons. The minimum atomic E-state index is 0.427. The molecular formula is C12H13BrN4. The largest absolute Gasteiger partial charge is 0.308 e. The predicted octanol–water partition coefficient (Wildman–Crippen LogP) is 2.31. The number of fused-ring (bicyclic) bond motifs is 1. The van der Waals surface area contributed by atoms with Gasteiger partial charge in [0, 0.05) is 18.9 Å². The van der Waals surface area contributed by atoms with Crippen molar-refractivity contribution in [1.82, 2.24) is 19.7 Å². The van der Waals surface area contributed by atoms with Crippen LogP contribution in [0.2, 0.25) is 0 Å². The van der Waals surface area contributed by atoms with E-state index in [0.717, 1.165) is 22.5 Å². The fraction of sp³-hybridized carbons (Fsp3) is 0.500. The molecule has 1 spiro atoms. The first-order valence-corrected chi connectivity index (χ1v) is 6.77. The van der Waals surface area contributed by atoms with Crippen LogP contribution in [-0.2, 0) is 0 Å². The van der Waals surface area contributed by atoms with E-state index in [1.54, 1.807) is 6.20 Å². The second kappa shape index (κ2) is 3.29. The van der Waals surface area contributed by atoms with Gasteiger partial charge < -0.3 is 9.72 Å². The van der Waals surface area contributed by atoms with Crippen LogP contribution in [0.25, 0.3) is 5.65 Å². The normalized spacial score (nSPS) is 25.8. The maximum Gasteiger partial charge on any atom is 0.155 e. The molecule has 1 aliphatic carbocycles. The monoisotopic (exact) mass is 292 g/mol. The lowest BCUT2D eigenvalue weighted by molar-refractivity contribution is 0.549. The Kier molecular flexibility index (Phi) is 1.94. The summed E-state index contributed by atoms with van der Waals surface area (Å²) >= 11 is 3.38. The molecule has 1 N–H and O–H groups in total. The number of rotatable bonds is 1. The van der Waals surface area contributed by atoms with Crippen LogP contribution in [0.5, 0.6) is 0 Å². The number of aromatic nitrogens is 3. The van der Waals surface area contributed by atoms with Gasteiger partial charge in [0.15, 0.2) is 5.65 Å². The maximum atomic E-state index is 4.65. The van der Waals surface area contributed by atoms with Gasteiger partial charge in [-0.1, -0.05) is 0 Å². The molecule has 0 amide bonds. The van der Waals surface area contributed by atoms with Crippen molar-refractivity contribution in [3.8, 4) is 0 Å². The summed E-state index contributed by atoms with van der Waals surface area (Å²) in [6.45, 7) is 1.16. The zero-order valence-corrected chi connectivity index (χ0v) is 10.9. The van der Waals surface area contributed by atoms with Crippen molar-refractivity contribution in [2.75, 3.05) is 6.54 Å². The van der Waals surface area contributed by atoms with E-state index < -0.39 is 0 Å². The molecule has 2 aliphatic rings. The van der Waals surface area contributed by atoms with Crippen LogP contribution in [0.4, 0.5) is 0 Å². The number of hydrogen-bond acceptors (Lipinski definition) is 3. The standard InChI is InChI=1S/C12H13BrN4/c13-10-6-17-5-9(16-11(17)4-14-10)8-3-12(1-2-12)7-15-8/h4-6,8,15H,1-3,7H2/t8-/m1/s1. The number of nitrogens with one attached hydrogen (secondary N) is 1. The van der Waals surface area contributed by atoms with Crippen molar-refractivity contribution in [3.05, 3.63) is 28.9 Å². The topological polar surface area (TPSA) is 42.2 Å². The second-order valence-corrected chi connectivity index (χ2v) is 6.09. The van der Waals surface area contributed by atoms with Crippen LogP contribution < -0.4 is 5.32 Å². The Labute approximate surface area is 108 Å². The molecule has 2 aromatic rings. The highest BCUT2D eigenvalue weighted by molar-refractivity contribution is 9.10. The summed E-state index contributed by atoms with van der Waals surface area (Å²) in [5, 5.41) is 3.59. The van der Waals surface area contributed by atoms with Crippen LogP contribution in [0, 0.1) is 5.41 Å². The molecule has 17 heavy (non-hydrogen) atoms. The van der Waals surface area contributed by atoms with Gasteiger partial charge in [0.05, 0.1) is 17.9 Å². The molecule has 0 unspecified atom stereocenters. The first kappa shape index (κ1) is 10.0. The van der Waals surface area contributed by atoms with E-state index in [0.29, 0.717) is 11.5 Å². The molecule has 0 aromatic carbocycles. The Morgan fingerprint density at radius 1 is 1.41 bits per heavy atom. The summed E-state index contributed by atoms with van der Waals surface area (Å²) in [4.78, 5) is 8.85. The summed E-state index contributed by atoms with van der Waals surface area (Å²) in [6, 6.07) is 0.427. The van der Waals surface area contributed by atoms with Gasteiger partial charge in [-0.3, -0.25) is 0 Å². The highest BCUT2D eigenvalue weighted by Gasteiger charge is 2.48. The van der Waals surface area contributed by atoms with Gasteiger partial charge in [-0.15, -0.1) is 0 Å². The predicted molar refractivity (Wildman–Crippen MR) is 67.7 cm³/mol. The van der Waals surface area contributed by atoms with Crippen molar-refractivity contribution >= 4 is 21.6 Å². The third kappa shape index (κ3) is 1.60. The molecule has 4 nitrogen and oxygen atoms in total. The van der Waals surface area contributed by atoms with Gasteiger partial charge >= 0.3 is 0 Å². The van der Waals surface area contributed by atoms with Crippen molar-refractivity contribution in [2.45, 2.75) is 25.3 Å². The molecule has 1 saturated heterocycles. The number of halogens is 1. The van der Waals surface area contributed by atoms with Crippen LogP contribution >= 0.6 is 15.9 Å². The van der Waals surface area contributed by atoms with Crippen molar-refractivity contribution in [2.24, 2.45) is 5.41 Å². The van der Waals surface area contributed by atoms with Crippen molar-refractivity contribution < 1.29 is 0 Å². The lowest BCUT2D eigenvalue weighted by atomic mass is 10.0. The van der Waals surface area contributed by atoms with Crippen molar-refractivity contribution in [1.29, 1.82) is 0 Å². The summed E-state index contributed by atoms with van der Waals surface area (Å²) in [5.41, 5.74) is 2.68. The molecule has 1 saturated carbocycles. The fourth-order valence-electron chi connectivity index (χ4n) is 2.75. The average molecular weight is 293 g/mol. The molecule has 0 bridgehead atoms. The first-order valence-electron chi connectivity index (χ1n) is 5.98. The molecular weight excluding hydrogens is 280 g/mol. The van der Waals surface area contributed by atoms with E-state index >= 15 is 0 Å². The minimum Gasteiger partial charge on any atom is -0.308 e. The Bertz CT molecular complexity index is 587. The minimum absolute atomic E-state index is 0.427. The van der Waals surface area contributed by atoms with Gasteiger partial charge in [-0.05, 0) is 40.6 Å². The molecule has 5 heteroatoms. The lowest BCUT2D eigenvalue weighted by Crippen LogP contribution is -2.14. The molecule has 3 heterocycles. The summed E-state index contributed by atoms with van der Waals surface area (Å²) in [6.07, 6.45) is 9.88. The quantitative estimate of drug-likeness (QED) is 0.877. The van der Waals surface area contributed by atoms with Gasteiger partial charge in [-0.25, -0.2) is 9.97 Å². The van der Waals surface area contributed by atoms with E-state index in [9.17, 15) is 0 Å². The zero-order valence-electron chi connectivity index (χ0n) is 9.36. The number of nitrogens with zero attached hydrogens (tertiary/aromatic N) is 3. The lowest BCUT2D eigenvalue weighted by Gasteiger charge is -2.05. The molecule has 1 atom stereocenters. The number of hydrogen-bond donors (Lipinski definition) is 1. The van der Waals surface area contributed by atoms with E-state index in [1.807, 2.05) is 10.6 Å². The third-order valence-corrected chi connectivity index (χ3v) is 4.41. The maximum absolute atomic E-state index is 4.65. The van der Waals surface area contributed by atoms with Gasteiger partial charge in [0.25, 0.3) is 0 Å². The SMILES string of the molecule is Brc1cn2cc([C@H]3CC4(CC4)CN3)nc2cn1. The Morgan fingerprint density at radius 3 is 3.06 bits per heavy atom. The third-order valence-electron chi connectivity index (χ3n) is 4.00. The van der Waals surface area contributed by atoms with E-state index in [1.165, 1.54) is 19.3 Å². The van der Waals surface area contributed by atoms with Crippen molar-refractivity contribution in [3.63, 3.8) is 0 Å². The molecule has 2 fully saturated rings. The summed E-state index contributed by atoms with van der Waals surface area (Å²) in [7, 11) is 0. The van der Waals surface area contributed by atoms with Gasteiger partial charge in [0.1, 0.15) is 4.60 Å². The van der Waals surface area contributed by atoms with E-state index in [-0.39, 0.29) is 0 Å². The molecule has 4 rings (SSSR count). The molecule has 1 aliphatic heterocycles.